The van der Waals surface area contributed by atoms with Crippen molar-refractivity contribution in [3.8, 4) is 11.5 Å². The van der Waals surface area contributed by atoms with Gasteiger partial charge in [-0.05, 0) is 42.2 Å². The third kappa shape index (κ3) is 2.81. The van der Waals surface area contributed by atoms with Crippen LogP contribution in [0.25, 0.3) is 0 Å². The van der Waals surface area contributed by atoms with E-state index in [-0.39, 0.29) is 11.9 Å². The molecule has 2 atom stereocenters. The molecule has 0 saturated heterocycles. The molecule has 140 valence electrons. The first kappa shape index (κ1) is 17.4. The van der Waals surface area contributed by atoms with E-state index in [1.165, 1.54) is 7.11 Å². The van der Waals surface area contributed by atoms with Gasteiger partial charge in [-0.1, -0.05) is 24.3 Å². The van der Waals surface area contributed by atoms with Crippen molar-refractivity contribution >= 4 is 11.9 Å². The molecule has 2 aromatic carbocycles. The molecule has 4 rings (SSSR count). The summed E-state index contributed by atoms with van der Waals surface area (Å²) in [6.07, 6.45) is 1.79. The molecule has 1 N–H and O–H groups in total. The van der Waals surface area contributed by atoms with E-state index < -0.39 is 17.9 Å². The van der Waals surface area contributed by atoms with Gasteiger partial charge in [0, 0.05) is 11.6 Å². The first-order valence-electron chi connectivity index (χ1n) is 8.93. The summed E-state index contributed by atoms with van der Waals surface area (Å²) < 4.78 is 10.7. The zero-order chi connectivity index (χ0) is 19.1. The Labute approximate surface area is 157 Å². The van der Waals surface area contributed by atoms with Gasteiger partial charge in [-0.2, -0.15) is 0 Å². The predicted octanol–water partition coefficient (Wildman–Crippen LogP) is 3.23. The Hall–Kier alpha value is -3.02. The third-order valence-electron chi connectivity index (χ3n) is 5.33. The molecule has 6 nitrogen and oxygen atoms in total. The van der Waals surface area contributed by atoms with Crippen molar-refractivity contribution in [1.82, 2.24) is 4.90 Å². The molecular formula is C21H21NO5. The van der Waals surface area contributed by atoms with E-state index in [4.69, 9.17) is 9.47 Å². The van der Waals surface area contributed by atoms with Gasteiger partial charge in [0.1, 0.15) is 5.92 Å². The Morgan fingerprint density at radius 3 is 2.41 bits per heavy atom. The van der Waals surface area contributed by atoms with Gasteiger partial charge in [-0.3, -0.25) is 9.59 Å². The lowest BCUT2D eigenvalue weighted by molar-refractivity contribution is -0.140. The molecule has 0 aromatic heterocycles. The Bertz CT molecular complexity index is 905. The van der Waals surface area contributed by atoms with Gasteiger partial charge < -0.3 is 19.5 Å². The van der Waals surface area contributed by atoms with Crippen molar-refractivity contribution in [3.05, 3.63) is 59.2 Å². The van der Waals surface area contributed by atoms with Crippen molar-refractivity contribution in [2.45, 2.75) is 30.8 Å². The second-order valence-corrected chi connectivity index (χ2v) is 6.91. The van der Waals surface area contributed by atoms with Gasteiger partial charge in [0.15, 0.2) is 11.5 Å². The van der Waals surface area contributed by atoms with E-state index in [0.717, 1.165) is 18.4 Å². The molecule has 1 heterocycles. The van der Waals surface area contributed by atoms with Crippen molar-refractivity contribution in [1.29, 1.82) is 0 Å². The molecule has 1 saturated carbocycles. The average Bonchev–Trinajstić information content (AvgIpc) is 3.52. The van der Waals surface area contributed by atoms with Crippen LogP contribution in [0.2, 0.25) is 0 Å². The first-order chi connectivity index (χ1) is 13.1. The molecule has 1 aliphatic heterocycles. The van der Waals surface area contributed by atoms with Crippen LogP contribution in [0, 0.1) is 0 Å². The molecule has 1 amide bonds. The summed E-state index contributed by atoms with van der Waals surface area (Å²) in [5, 5.41) is 10.1. The van der Waals surface area contributed by atoms with Crippen LogP contribution in [0.15, 0.2) is 42.5 Å². The van der Waals surface area contributed by atoms with Gasteiger partial charge >= 0.3 is 5.97 Å². The average molecular weight is 367 g/mol. The highest BCUT2D eigenvalue weighted by atomic mass is 16.5. The van der Waals surface area contributed by atoms with Gasteiger partial charge in [-0.15, -0.1) is 0 Å². The number of hydrogen-bond acceptors (Lipinski definition) is 4. The molecule has 0 radical (unpaired) electrons. The summed E-state index contributed by atoms with van der Waals surface area (Å²) in [5.74, 6) is -0.807. The number of fused-ring (bicyclic) bond motifs is 1. The van der Waals surface area contributed by atoms with Gasteiger partial charge in [0.2, 0.25) is 0 Å². The lowest BCUT2D eigenvalue weighted by Crippen LogP contribution is -2.46. The van der Waals surface area contributed by atoms with Gasteiger partial charge in [0.05, 0.1) is 20.3 Å². The maximum absolute atomic E-state index is 13.2. The van der Waals surface area contributed by atoms with Gasteiger partial charge in [-0.25, -0.2) is 0 Å². The van der Waals surface area contributed by atoms with Crippen LogP contribution in [0.5, 0.6) is 11.5 Å². The molecule has 2 aromatic rings. The number of methoxy groups -OCH3 is 2. The Morgan fingerprint density at radius 2 is 1.78 bits per heavy atom. The van der Waals surface area contributed by atoms with Crippen LogP contribution in [0.3, 0.4) is 0 Å². The normalized spacial score (nSPS) is 21.6. The number of aliphatic carboxylic acids is 1. The van der Waals surface area contributed by atoms with E-state index in [9.17, 15) is 14.7 Å². The highest BCUT2D eigenvalue weighted by Crippen LogP contribution is 2.48. The maximum Gasteiger partial charge on any atom is 0.313 e. The second-order valence-electron chi connectivity index (χ2n) is 6.91. The summed E-state index contributed by atoms with van der Waals surface area (Å²) >= 11 is 0. The van der Waals surface area contributed by atoms with Crippen LogP contribution in [-0.4, -0.2) is 42.1 Å². The van der Waals surface area contributed by atoms with Crippen LogP contribution < -0.4 is 9.47 Å². The standard InChI is InChI=1S/C21H21NO5/c1-26-16-10-7-12(11-17(16)27-2)19-18(21(24)25)14-5-3-4-6-15(14)20(23)22(19)13-8-9-13/h3-7,10-11,13,18-19H,8-9H2,1-2H3,(H,24,25)/t18-,19+/m0/s1. The van der Waals surface area contributed by atoms with Crippen molar-refractivity contribution < 1.29 is 24.2 Å². The number of ether oxygens (including phenoxy) is 2. The lowest BCUT2D eigenvalue weighted by Gasteiger charge is -2.41. The lowest BCUT2D eigenvalue weighted by atomic mass is 9.79. The van der Waals surface area contributed by atoms with Crippen molar-refractivity contribution in [2.24, 2.45) is 0 Å². The zero-order valence-electron chi connectivity index (χ0n) is 15.2. The third-order valence-corrected chi connectivity index (χ3v) is 5.33. The predicted molar refractivity (Wildman–Crippen MR) is 98.3 cm³/mol. The molecule has 0 unspecified atom stereocenters. The number of rotatable bonds is 5. The molecule has 6 heteroatoms. The van der Waals surface area contributed by atoms with Gasteiger partial charge in [0.25, 0.3) is 5.91 Å². The number of carbonyl (C=O) groups is 2. The van der Waals surface area contributed by atoms with Crippen molar-refractivity contribution in [3.63, 3.8) is 0 Å². The fourth-order valence-electron chi connectivity index (χ4n) is 3.96. The minimum absolute atomic E-state index is 0.0748. The van der Waals surface area contributed by atoms with E-state index in [2.05, 4.69) is 0 Å². The number of carbonyl (C=O) groups excluding carboxylic acids is 1. The monoisotopic (exact) mass is 367 g/mol. The molecule has 0 bridgehead atoms. The van der Waals surface area contributed by atoms with E-state index in [1.54, 1.807) is 48.4 Å². The maximum atomic E-state index is 13.2. The van der Waals surface area contributed by atoms with E-state index >= 15 is 0 Å². The van der Waals surface area contributed by atoms with Crippen LogP contribution >= 0.6 is 0 Å². The molecule has 1 fully saturated rings. The van der Waals surface area contributed by atoms with Crippen LogP contribution in [0.1, 0.15) is 46.3 Å². The molecule has 2 aliphatic rings. The first-order valence-corrected chi connectivity index (χ1v) is 8.93. The SMILES string of the molecule is COc1ccc([C@@H]2[C@@H](C(=O)O)c3ccccc3C(=O)N2C2CC2)cc1OC. The number of hydrogen-bond donors (Lipinski definition) is 1. The van der Waals surface area contributed by atoms with Crippen LogP contribution in [-0.2, 0) is 4.79 Å². The quantitative estimate of drug-likeness (QED) is 0.878. The highest BCUT2D eigenvalue weighted by molar-refractivity contribution is 6.00. The number of benzene rings is 2. The summed E-state index contributed by atoms with van der Waals surface area (Å²) in [5.41, 5.74) is 1.77. The number of amides is 1. The molecule has 1 aliphatic carbocycles. The van der Waals surface area contributed by atoms with E-state index in [0.29, 0.717) is 22.6 Å². The summed E-state index contributed by atoms with van der Waals surface area (Å²) in [7, 11) is 3.09. The number of nitrogens with zero attached hydrogens (tertiary/aromatic N) is 1. The Kier molecular flexibility index (Phi) is 4.26. The minimum Gasteiger partial charge on any atom is -0.493 e. The topological polar surface area (TPSA) is 76.1 Å². The molecule has 27 heavy (non-hydrogen) atoms. The molecular weight excluding hydrogens is 346 g/mol. The second kappa shape index (κ2) is 6.61. The summed E-state index contributed by atoms with van der Waals surface area (Å²) in [4.78, 5) is 27.2. The number of carboxylic acid groups (broad SMARTS) is 1. The fourth-order valence-corrected chi connectivity index (χ4v) is 3.96. The largest absolute Gasteiger partial charge is 0.493 e. The summed E-state index contributed by atoms with van der Waals surface area (Å²) in [6, 6.07) is 11.8. The minimum atomic E-state index is -0.944. The Morgan fingerprint density at radius 1 is 1.07 bits per heavy atom. The van der Waals surface area contributed by atoms with E-state index in [1.807, 2.05) is 6.07 Å². The fraction of sp³-hybridized carbons (Fsp3) is 0.333. The van der Waals surface area contributed by atoms with Crippen molar-refractivity contribution in [2.75, 3.05) is 14.2 Å². The van der Waals surface area contributed by atoms with Crippen LogP contribution in [0.4, 0.5) is 0 Å². The Balaban J connectivity index is 1.90. The smallest absolute Gasteiger partial charge is 0.313 e. The molecule has 0 spiro atoms. The summed E-state index contributed by atoms with van der Waals surface area (Å²) in [6.45, 7) is 0. The zero-order valence-corrected chi connectivity index (χ0v) is 15.2. The number of carboxylic acids is 1. The highest BCUT2D eigenvalue weighted by Gasteiger charge is 2.49.